The minimum absolute atomic E-state index is 0.0116. The zero-order valence-electron chi connectivity index (χ0n) is 4.76. The topological polar surface area (TPSA) is 23.9 Å². The molecule has 1 N–H and O–H groups in total. The smallest absolute Gasteiger partial charge is 0.124 e. The number of nitrogens with one attached hydrogen (secondary N) is 1. The van der Waals surface area contributed by atoms with Crippen molar-refractivity contribution in [2.45, 2.75) is 13.8 Å². The van der Waals surface area contributed by atoms with E-state index in [1.807, 2.05) is 0 Å². The number of allylic oxidation sites excluding steroid dienone is 2. The molecule has 0 amide bonds. The summed E-state index contributed by atoms with van der Waals surface area (Å²) >= 11 is 10.7. The van der Waals surface area contributed by atoms with Gasteiger partial charge in [-0.3, -0.25) is 5.41 Å². The molecular formula is C5H7Cl2N. The number of halogens is 2. The molecule has 0 radical (unpaired) electrons. The van der Waals surface area contributed by atoms with Crippen molar-refractivity contribution in [1.29, 1.82) is 5.41 Å². The first-order valence-corrected chi connectivity index (χ1v) is 2.88. The van der Waals surface area contributed by atoms with Crippen LogP contribution in [-0.2, 0) is 0 Å². The summed E-state index contributed by atoms with van der Waals surface area (Å²) in [7, 11) is 0. The van der Waals surface area contributed by atoms with Crippen LogP contribution in [0.3, 0.4) is 0 Å². The normalized spacial score (nSPS) is 13.0. The fourth-order valence-corrected chi connectivity index (χ4v) is 0.436. The number of hydrogen-bond donors (Lipinski definition) is 1. The largest absolute Gasteiger partial charge is 0.289 e. The van der Waals surface area contributed by atoms with Gasteiger partial charge in [-0.15, -0.1) is 0 Å². The van der Waals surface area contributed by atoms with E-state index in [0.717, 1.165) is 0 Å². The fraction of sp³-hybridized carbons (Fsp3) is 0.400. The molecule has 0 heterocycles. The molecule has 0 spiro atoms. The van der Waals surface area contributed by atoms with Gasteiger partial charge >= 0.3 is 0 Å². The Morgan fingerprint density at radius 1 is 1.25 bits per heavy atom. The standard InChI is InChI=1S/C5H7Cl2N/c1-3(4(2)6)5(7)8/h8H,1-2H3/b4-3+,8-5?. The Bertz CT molecular complexity index is 133. The van der Waals surface area contributed by atoms with E-state index in [4.69, 9.17) is 28.6 Å². The van der Waals surface area contributed by atoms with E-state index in [-0.39, 0.29) is 5.17 Å². The monoisotopic (exact) mass is 151 g/mol. The van der Waals surface area contributed by atoms with Gasteiger partial charge in [-0.05, 0) is 19.4 Å². The van der Waals surface area contributed by atoms with E-state index in [0.29, 0.717) is 10.6 Å². The van der Waals surface area contributed by atoms with E-state index in [2.05, 4.69) is 0 Å². The lowest BCUT2D eigenvalue weighted by molar-refractivity contribution is 1.44. The highest BCUT2D eigenvalue weighted by atomic mass is 35.5. The Morgan fingerprint density at radius 3 is 1.62 bits per heavy atom. The van der Waals surface area contributed by atoms with Crippen LogP contribution >= 0.6 is 23.2 Å². The molecule has 3 heteroatoms. The molecule has 0 bridgehead atoms. The van der Waals surface area contributed by atoms with Crippen LogP contribution < -0.4 is 0 Å². The maximum atomic E-state index is 6.85. The van der Waals surface area contributed by atoms with Crippen LogP contribution in [0, 0.1) is 5.41 Å². The third-order valence-electron chi connectivity index (χ3n) is 0.846. The first-order chi connectivity index (χ1) is 3.55. The van der Waals surface area contributed by atoms with Crippen LogP contribution in [0.25, 0.3) is 0 Å². The lowest BCUT2D eigenvalue weighted by Gasteiger charge is -1.93. The highest BCUT2D eigenvalue weighted by Crippen LogP contribution is 2.09. The average Bonchev–Trinajstić information content (AvgIpc) is 1.64. The predicted molar refractivity (Wildman–Crippen MR) is 37.8 cm³/mol. The van der Waals surface area contributed by atoms with Crippen LogP contribution in [0.5, 0.6) is 0 Å². The van der Waals surface area contributed by atoms with Crippen molar-refractivity contribution in [3.63, 3.8) is 0 Å². The zero-order chi connectivity index (χ0) is 6.73. The van der Waals surface area contributed by atoms with E-state index in [1.165, 1.54) is 0 Å². The van der Waals surface area contributed by atoms with Crippen LogP contribution in [0.1, 0.15) is 13.8 Å². The van der Waals surface area contributed by atoms with Crippen LogP contribution in [0.15, 0.2) is 10.6 Å². The van der Waals surface area contributed by atoms with Gasteiger partial charge in [0, 0.05) is 5.03 Å². The van der Waals surface area contributed by atoms with E-state index in [1.54, 1.807) is 13.8 Å². The van der Waals surface area contributed by atoms with Gasteiger partial charge in [-0.2, -0.15) is 0 Å². The third kappa shape index (κ3) is 2.34. The van der Waals surface area contributed by atoms with E-state index in [9.17, 15) is 0 Å². The second-order valence-electron chi connectivity index (χ2n) is 1.47. The SMILES string of the molecule is C/C(Cl)=C(/C)C(=N)Cl. The van der Waals surface area contributed by atoms with E-state index >= 15 is 0 Å². The van der Waals surface area contributed by atoms with Gasteiger partial charge < -0.3 is 0 Å². The molecule has 8 heavy (non-hydrogen) atoms. The Morgan fingerprint density at radius 2 is 1.62 bits per heavy atom. The van der Waals surface area contributed by atoms with Gasteiger partial charge in [0.1, 0.15) is 5.17 Å². The molecule has 0 aliphatic heterocycles. The highest BCUT2D eigenvalue weighted by Gasteiger charge is 1.95. The second-order valence-corrected chi connectivity index (χ2v) is 2.42. The second kappa shape index (κ2) is 3.10. The van der Waals surface area contributed by atoms with Gasteiger partial charge in [0.25, 0.3) is 0 Å². The molecule has 46 valence electrons. The van der Waals surface area contributed by atoms with Crippen molar-refractivity contribution in [3.8, 4) is 0 Å². The minimum Gasteiger partial charge on any atom is -0.289 e. The Labute approximate surface area is 58.8 Å². The summed E-state index contributed by atoms with van der Waals surface area (Å²) in [5, 5.41) is 7.44. The molecule has 0 saturated carbocycles. The Hall–Kier alpha value is -0.0100. The Balaban J connectivity index is 4.23. The maximum Gasteiger partial charge on any atom is 0.124 e. The maximum absolute atomic E-state index is 6.85. The van der Waals surface area contributed by atoms with Crippen molar-refractivity contribution >= 4 is 28.4 Å². The molecule has 0 unspecified atom stereocenters. The van der Waals surface area contributed by atoms with Crippen molar-refractivity contribution in [3.05, 3.63) is 10.6 Å². The van der Waals surface area contributed by atoms with Gasteiger partial charge in [-0.25, -0.2) is 0 Å². The summed E-state index contributed by atoms with van der Waals surface area (Å²) in [6.45, 7) is 3.41. The summed E-state index contributed by atoms with van der Waals surface area (Å²) in [6.07, 6.45) is 0. The van der Waals surface area contributed by atoms with Crippen molar-refractivity contribution in [1.82, 2.24) is 0 Å². The lowest BCUT2D eigenvalue weighted by Crippen LogP contribution is -1.86. The molecule has 0 rings (SSSR count). The summed E-state index contributed by atoms with van der Waals surface area (Å²) in [4.78, 5) is 0. The van der Waals surface area contributed by atoms with Crippen LogP contribution in [0.4, 0.5) is 0 Å². The van der Waals surface area contributed by atoms with Crippen molar-refractivity contribution < 1.29 is 0 Å². The molecule has 0 atom stereocenters. The zero-order valence-corrected chi connectivity index (χ0v) is 6.27. The van der Waals surface area contributed by atoms with E-state index < -0.39 is 0 Å². The summed E-state index contributed by atoms with van der Waals surface area (Å²) in [6, 6.07) is 0. The van der Waals surface area contributed by atoms with Gasteiger partial charge in [0.05, 0.1) is 0 Å². The quantitative estimate of drug-likeness (QED) is 0.558. The first kappa shape index (κ1) is 7.99. The van der Waals surface area contributed by atoms with Gasteiger partial charge in [0.15, 0.2) is 0 Å². The van der Waals surface area contributed by atoms with Gasteiger partial charge in [0.2, 0.25) is 0 Å². The Kier molecular flexibility index (Phi) is 3.10. The summed E-state index contributed by atoms with van der Waals surface area (Å²) in [5.74, 6) is 0. The molecule has 1 nitrogen and oxygen atoms in total. The molecule has 0 fully saturated rings. The van der Waals surface area contributed by atoms with Gasteiger partial charge in [-0.1, -0.05) is 23.2 Å². The molecule has 0 aromatic carbocycles. The third-order valence-corrected chi connectivity index (χ3v) is 1.41. The number of rotatable bonds is 1. The molecule has 0 aromatic rings. The molecule has 0 saturated heterocycles. The molecular weight excluding hydrogens is 145 g/mol. The molecule has 0 aromatic heterocycles. The van der Waals surface area contributed by atoms with Crippen LogP contribution in [0.2, 0.25) is 0 Å². The minimum atomic E-state index is 0.0116. The lowest BCUT2D eigenvalue weighted by atomic mass is 10.3. The highest BCUT2D eigenvalue weighted by molar-refractivity contribution is 6.69. The number of hydrogen-bond acceptors (Lipinski definition) is 1. The van der Waals surface area contributed by atoms with Crippen LogP contribution in [-0.4, -0.2) is 5.17 Å². The summed E-state index contributed by atoms with van der Waals surface area (Å²) in [5.41, 5.74) is 0.633. The summed E-state index contributed by atoms with van der Waals surface area (Å²) < 4.78 is 0. The predicted octanol–water partition coefficient (Wildman–Crippen LogP) is 2.74. The molecule has 0 aliphatic rings. The first-order valence-electron chi connectivity index (χ1n) is 2.13. The van der Waals surface area contributed by atoms with Crippen molar-refractivity contribution in [2.24, 2.45) is 0 Å². The fourth-order valence-electron chi connectivity index (χ4n) is 0.151. The van der Waals surface area contributed by atoms with Crippen molar-refractivity contribution in [2.75, 3.05) is 0 Å². The molecule has 0 aliphatic carbocycles. The average molecular weight is 152 g/mol.